The van der Waals surface area contributed by atoms with Crippen LogP contribution in [0.5, 0.6) is 5.75 Å². The van der Waals surface area contributed by atoms with Crippen LogP contribution in [-0.2, 0) is 9.53 Å². The van der Waals surface area contributed by atoms with Crippen molar-refractivity contribution in [2.75, 3.05) is 25.0 Å². The van der Waals surface area contributed by atoms with Crippen molar-refractivity contribution in [1.82, 2.24) is 9.88 Å². The summed E-state index contributed by atoms with van der Waals surface area (Å²) in [6, 6.07) is 11.2. The van der Waals surface area contributed by atoms with Gasteiger partial charge in [-0.05, 0) is 32.0 Å². The van der Waals surface area contributed by atoms with E-state index in [9.17, 15) is 9.59 Å². The molecule has 1 N–H and O–H groups in total. The number of nitrogens with one attached hydrogen (secondary N) is 1. The molecule has 2 amide bonds. The third-order valence-corrected chi connectivity index (χ3v) is 6.17. The summed E-state index contributed by atoms with van der Waals surface area (Å²) in [6.45, 7) is 6.81. The van der Waals surface area contributed by atoms with E-state index >= 15 is 0 Å². The number of hydrogen-bond donors (Lipinski definition) is 1. The highest BCUT2D eigenvalue weighted by Gasteiger charge is 2.31. The summed E-state index contributed by atoms with van der Waals surface area (Å²) in [5, 5.41) is 3.86. The first-order valence-corrected chi connectivity index (χ1v) is 11.1. The number of thiophene rings is 1. The van der Waals surface area contributed by atoms with Crippen LogP contribution >= 0.6 is 11.3 Å². The van der Waals surface area contributed by atoms with E-state index in [1.807, 2.05) is 50.2 Å². The quantitative estimate of drug-likeness (QED) is 0.643. The average Bonchev–Trinajstić information content (AvgIpc) is 3.14. The Balaban J connectivity index is 1.70. The number of nitrogens with zero attached hydrogens (tertiary/aromatic N) is 2. The minimum Gasteiger partial charge on any atom is -0.489 e. The third kappa shape index (κ3) is 4.55. The van der Waals surface area contributed by atoms with E-state index in [1.54, 1.807) is 18.0 Å². The molecule has 3 heterocycles. The van der Waals surface area contributed by atoms with Gasteiger partial charge in [-0.25, -0.2) is 4.98 Å². The van der Waals surface area contributed by atoms with Gasteiger partial charge in [-0.3, -0.25) is 9.59 Å². The molecule has 1 aliphatic rings. The maximum atomic E-state index is 13.4. The number of anilines is 1. The Bertz CT molecular complexity index is 1110. The number of fused-ring (bicyclic) bond motifs is 1. The molecule has 3 aromatic rings. The van der Waals surface area contributed by atoms with E-state index in [-0.39, 0.29) is 17.9 Å². The lowest BCUT2D eigenvalue weighted by Crippen LogP contribution is -2.41. The van der Waals surface area contributed by atoms with Gasteiger partial charge in [0.15, 0.2) is 0 Å². The number of aromatic nitrogens is 1. The van der Waals surface area contributed by atoms with Crippen LogP contribution in [0.4, 0.5) is 5.69 Å². The number of pyridine rings is 1. The van der Waals surface area contributed by atoms with E-state index < -0.39 is 6.10 Å². The predicted molar refractivity (Wildman–Crippen MR) is 121 cm³/mol. The van der Waals surface area contributed by atoms with Gasteiger partial charge in [0.05, 0.1) is 24.9 Å². The zero-order valence-corrected chi connectivity index (χ0v) is 18.6. The number of benzene rings is 1. The van der Waals surface area contributed by atoms with Gasteiger partial charge in [0, 0.05) is 30.6 Å². The van der Waals surface area contributed by atoms with Crippen molar-refractivity contribution in [3.63, 3.8) is 0 Å². The maximum Gasteiger partial charge on any atom is 0.266 e. The Hall–Kier alpha value is -2.97. The highest BCUT2D eigenvalue weighted by Crippen LogP contribution is 2.38. The maximum absolute atomic E-state index is 13.4. The van der Waals surface area contributed by atoms with Crippen molar-refractivity contribution in [3.8, 4) is 5.75 Å². The molecule has 1 fully saturated rings. The minimum absolute atomic E-state index is 0.00303. The van der Waals surface area contributed by atoms with Crippen LogP contribution in [0, 0.1) is 0 Å². The Morgan fingerprint density at radius 3 is 2.84 bits per heavy atom. The Kier molecular flexibility index (Phi) is 6.20. The number of carbonyl (C=O) groups excluding carboxylic acids is 2. The molecular formula is C23H25N3O4S. The monoisotopic (exact) mass is 439 g/mol. The van der Waals surface area contributed by atoms with E-state index in [1.165, 1.54) is 11.3 Å². The zero-order chi connectivity index (χ0) is 22.0. The topological polar surface area (TPSA) is 80.8 Å². The summed E-state index contributed by atoms with van der Waals surface area (Å²) in [5.74, 6) is 0.362. The Morgan fingerprint density at radius 1 is 1.26 bits per heavy atom. The molecule has 0 bridgehead atoms. The first-order chi connectivity index (χ1) is 14.9. The third-order valence-electron chi connectivity index (χ3n) is 5.04. The second kappa shape index (κ2) is 9.03. The molecule has 0 saturated carbocycles. The minimum atomic E-state index is -0.390. The zero-order valence-electron chi connectivity index (χ0n) is 17.8. The first kappa shape index (κ1) is 21.3. The molecule has 0 aliphatic carbocycles. The summed E-state index contributed by atoms with van der Waals surface area (Å²) in [7, 11) is 0. The van der Waals surface area contributed by atoms with Crippen LogP contribution in [0.25, 0.3) is 10.2 Å². The molecule has 4 rings (SSSR count). The molecule has 8 heteroatoms. The molecule has 0 spiro atoms. The lowest BCUT2D eigenvalue weighted by atomic mass is 10.0. The van der Waals surface area contributed by atoms with E-state index in [2.05, 4.69) is 10.3 Å². The molecule has 1 unspecified atom stereocenters. The molecule has 162 valence electrons. The van der Waals surface area contributed by atoms with E-state index in [0.29, 0.717) is 36.0 Å². The standard InChI is InChI=1S/C23H25N3O4S/c1-14(2)30-18-9-5-4-8-17(18)25-22(28)21-20(16-7-6-10-24-23(16)31-21)19-13-26(15(3)27)11-12-29-19/h4-10,14,19H,11-13H2,1-3H3,(H,25,28). The van der Waals surface area contributed by atoms with Crippen LogP contribution in [0.3, 0.4) is 0 Å². The second-order valence-electron chi connectivity index (χ2n) is 7.64. The van der Waals surface area contributed by atoms with Crippen LogP contribution in [-0.4, -0.2) is 47.5 Å². The summed E-state index contributed by atoms with van der Waals surface area (Å²) in [4.78, 5) is 32.8. The number of morpholine rings is 1. The molecule has 1 aromatic carbocycles. The number of para-hydroxylation sites is 2. The van der Waals surface area contributed by atoms with Crippen LogP contribution < -0.4 is 10.1 Å². The van der Waals surface area contributed by atoms with E-state index in [4.69, 9.17) is 9.47 Å². The van der Waals surface area contributed by atoms with Gasteiger partial charge in [-0.1, -0.05) is 18.2 Å². The van der Waals surface area contributed by atoms with Crippen molar-refractivity contribution < 1.29 is 19.1 Å². The molecular weight excluding hydrogens is 414 g/mol. The lowest BCUT2D eigenvalue weighted by Gasteiger charge is -2.32. The molecule has 7 nitrogen and oxygen atoms in total. The summed E-state index contributed by atoms with van der Waals surface area (Å²) < 4.78 is 11.8. The second-order valence-corrected chi connectivity index (χ2v) is 8.64. The van der Waals surface area contributed by atoms with Crippen molar-refractivity contribution in [2.24, 2.45) is 0 Å². The first-order valence-electron chi connectivity index (χ1n) is 10.3. The largest absolute Gasteiger partial charge is 0.489 e. The smallest absolute Gasteiger partial charge is 0.266 e. The van der Waals surface area contributed by atoms with Crippen LogP contribution in [0.1, 0.15) is 42.1 Å². The highest BCUT2D eigenvalue weighted by atomic mass is 32.1. The molecule has 1 atom stereocenters. The average molecular weight is 440 g/mol. The molecule has 2 aromatic heterocycles. The van der Waals surface area contributed by atoms with Gasteiger partial charge in [-0.2, -0.15) is 0 Å². The molecule has 1 aliphatic heterocycles. The summed E-state index contributed by atoms with van der Waals surface area (Å²) in [5.41, 5.74) is 1.38. The van der Waals surface area contributed by atoms with E-state index in [0.717, 1.165) is 15.8 Å². The van der Waals surface area contributed by atoms with Gasteiger partial charge in [0.2, 0.25) is 5.91 Å². The van der Waals surface area contributed by atoms with Crippen molar-refractivity contribution in [2.45, 2.75) is 33.0 Å². The van der Waals surface area contributed by atoms with Gasteiger partial charge in [-0.15, -0.1) is 11.3 Å². The normalized spacial score (nSPS) is 16.5. The summed E-state index contributed by atoms with van der Waals surface area (Å²) >= 11 is 1.33. The van der Waals surface area contributed by atoms with Crippen molar-refractivity contribution >= 4 is 39.1 Å². The van der Waals surface area contributed by atoms with Gasteiger partial charge >= 0.3 is 0 Å². The molecule has 0 radical (unpaired) electrons. The fraction of sp³-hybridized carbons (Fsp3) is 0.348. The number of amides is 2. The number of carbonyl (C=O) groups is 2. The van der Waals surface area contributed by atoms with Gasteiger partial charge in [0.1, 0.15) is 21.6 Å². The van der Waals surface area contributed by atoms with Gasteiger partial charge in [0.25, 0.3) is 5.91 Å². The fourth-order valence-electron chi connectivity index (χ4n) is 3.66. The van der Waals surface area contributed by atoms with Gasteiger partial charge < -0.3 is 19.7 Å². The highest BCUT2D eigenvalue weighted by molar-refractivity contribution is 7.20. The Labute approximate surface area is 185 Å². The number of ether oxygens (including phenoxy) is 2. The van der Waals surface area contributed by atoms with Crippen LogP contribution in [0.2, 0.25) is 0 Å². The lowest BCUT2D eigenvalue weighted by molar-refractivity contribution is -0.136. The Morgan fingerprint density at radius 2 is 2.06 bits per heavy atom. The number of rotatable bonds is 5. The fourth-order valence-corrected chi connectivity index (χ4v) is 4.74. The predicted octanol–water partition coefficient (Wildman–Crippen LogP) is 4.26. The van der Waals surface area contributed by atoms with Crippen molar-refractivity contribution in [3.05, 3.63) is 53.0 Å². The molecule has 1 saturated heterocycles. The summed E-state index contributed by atoms with van der Waals surface area (Å²) in [6.07, 6.45) is 1.30. The van der Waals surface area contributed by atoms with Crippen LogP contribution in [0.15, 0.2) is 42.6 Å². The van der Waals surface area contributed by atoms with Crippen molar-refractivity contribution in [1.29, 1.82) is 0 Å². The number of hydrogen-bond acceptors (Lipinski definition) is 6. The SMILES string of the molecule is CC(=O)N1CCOC(c2c(C(=O)Nc3ccccc3OC(C)C)sc3ncccc23)C1. The molecule has 31 heavy (non-hydrogen) atoms.